The van der Waals surface area contributed by atoms with E-state index in [0.717, 1.165) is 18.8 Å². The van der Waals surface area contributed by atoms with Gasteiger partial charge in [0.25, 0.3) is 0 Å². The molecule has 0 aromatic heterocycles. The monoisotopic (exact) mass is 199 g/mol. The van der Waals surface area contributed by atoms with Crippen LogP contribution in [0.1, 0.15) is 52.4 Å². The van der Waals surface area contributed by atoms with Crippen molar-refractivity contribution in [2.24, 2.45) is 17.6 Å². The van der Waals surface area contributed by atoms with Gasteiger partial charge >= 0.3 is 0 Å². The summed E-state index contributed by atoms with van der Waals surface area (Å²) in [4.78, 5) is 0. The van der Waals surface area contributed by atoms with Crippen LogP contribution in [-0.4, -0.2) is 17.3 Å². The molecule has 1 saturated carbocycles. The van der Waals surface area contributed by atoms with Gasteiger partial charge in [0.1, 0.15) is 0 Å². The van der Waals surface area contributed by atoms with Gasteiger partial charge in [-0.15, -0.1) is 0 Å². The number of aliphatic hydroxyl groups is 1. The van der Waals surface area contributed by atoms with Crippen LogP contribution in [0.4, 0.5) is 0 Å². The second-order valence-electron chi connectivity index (χ2n) is 5.25. The summed E-state index contributed by atoms with van der Waals surface area (Å²) >= 11 is 0. The van der Waals surface area contributed by atoms with E-state index in [1.165, 1.54) is 25.7 Å². The zero-order valence-corrected chi connectivity index (χ0v) is 9.58. The summed E-state index contributed by atoms with van der Waals surface area (Å²) in [6.07, 6.45) is 6.93. The van der Waals surface area contributed by atoms with Gasteiger partial charge in [-0.3, -0.25) is 0 Å². The summed E-state index contributed by atoms with van der Waals surface area (Å²) in [7, 11) is 0. The highest BCUT2D eigenvalue weighted by molar-refractivity contribution is 4.78. The molecule has 0 spiro atoms. The smallest absolute Gasteiger partial charge is 0.0693 e. The van der Waals surface area contributed by atoms with Crippen molar-refractivity contribution in [1.29, 1.82) is 0 Å². The second-order valence-corrected chi connectivity index (χ2v) is 5.25. The van der Waals surface area contributed by atoms with E-state index in [4.69, 9.17) is 5.73 Å². The Morgan fingerprint density at radius 3 is 2.36 bits per heavy atom. The molecule has 0 amide bonds. The highest BCUT2D eigenvalue weighted by atomic mass is 16.3. The van der Waals surface area contributed by atoms with Crippen molar-refractivity contribution >= 4 is 0 Å². The van der Waals surface area contributed by atoms with Crippen LogP contribution < -0.4 is 5.73 Å². The molecule has 0 heterocycles. The van der Waals surface area contributed by atoms with E-state index in [1.807, 2.05) is 0 Å². The van der Waals surface area contributed by atoms with E-state index in [2.05, 4.69) is 13.8 Å². The lowest BCUT2D eigenvalue weighted by Gasteiger charge is -2.23. The Balaban J connectivity index is 2.21. The minimum absolute atomic E-state index is 0.000463. The van der Waals surface area contributed by atoms with Gasteiger partial charge < -0.3 is 10.8 Å². The number of nitrogens with two attached hydrogens (primary N) is 1. The van der Waals surface area contributed by atoms with Gasteiger partial charge in [0.15, 0.2) is 0 Å². The van der Waals surface area contributed by atoms with Crippen molar-refractivity contribution in [1.82, 2.24) is 0 Å². The van der Waals surface area contributed by atoms with Gasteiger partial charge in [-0.2, -0.15) is 0 Å². The van der Waals surface area contributed by atoms with E-state index >= 15 is 0 Å². The Morgan fingerprint density at radius 1 is 1.29 bits per heavy atom. The first-order chi connectivity index (χ1) is 6.59. The van der Waals surface area contributed by atoms with Crippen LogP contribution in [0.15, 0.2) is 0 Å². The van der Waals surface area contributed by atoms with Crippen LogP contribution in [0.5, 0.6) is 0 Å². The Morgan fingerprint density at radius 2 is 1.86 bits per heavy atom. The fourth-order valence-corrected chi connectivity index (χ4v) is 2.45. The molecule has 2 heteroatoms. The van der Waals surface area contributed by atoms with Crippen molar-refractivity contribution in [2.75, 3.05) is 0 Å². The third kappa shape index (κ3) is 3.97. The number of hydrogen-bond acceptors (Lipinski definition) is 2. The molecule has 0 saturated heterocycles. The molecule has 3 N–H and O–H groups in total. The summed E-state index contributed by atoms with van der Waals surface area (Å²) < 4.78 is 0. The molecule has 2 atom stereocenters. The number of hydrogen-bond donors (Lipinski definition) is 2. The predicted molar refractivity (Wildman–Crippen MR) is 60.0 cm³/mol. The summed E-state index contributed by atoms with van der Waals surface area (Å²) in [5.41, 5.74) is 6.00. The molecular formula is C12H25NO. The van der Waals surface area contributed by atoms with E-state index in [9.17, 15) is 5.11 Å². The first-order valence-corrected chi connectivity index (χ1v) is 6.03. The van der Waals surface area contributed by atoms with Gasteiger partial charge in [0.05, 0.1) is 6.10 Å². The number of aliphatic hydroxyl groups excluding tert-OH is 1. The van der Waals surface area contributed by atoms with E-state index in [1.54, 1.807) is 0 Å². The fraction of sp³-hybridized carbons (Fsp3) is 1.00. The average Bonchev–Trinajstić information content (AvgIpc) is 2.55. The molecule has 1 aliphatic rings. The van der Waals surface area contributed by atoms with E-state index < -0.39 is 0 Å². The van der Waals surface area contributed by atoms with Crippen LogP contribution in [0.2, 0.25) is 0 Å². The lowest BCUT2D eigenvalue weighted by molar-refractivity contribution is 0.110. The van der Waals surface area contributed by atoms with Gasteiger partial charge in [-0.1, -0.05) is 39.5 Å². The molecule has 0 aromatic rings. The average molecular weight is 199 g/mol. The lowest BCUT2D eigenvalue weighted by Crippen LogP contribution is -2.37. The van der Waals surface area contributed by atoms with Crippen molar-refractivity contribution in [3.05, 3.63) is 0 Å². The van der Waals surface area contributed by atoms with Crippen LogP contribution in [0.25, 0.3) is 0 Å². The Bertz CT molecular complexity index is 152. The second kappa shape index (κ2) is 5.72. The summed E-state index contributed by atoms with van der Waals surface area (Å²) in [6, 6.07) is 0.000463. The molecule has 2 unspecified atom stereocenters. The molecule has 0 radical (unpaired) electrons. The lowest BCUT2D eigenvalue weighted by atomic mass is 9.92. The molecular weight excluding hydrogens is 174 g/mol. The topological polar surface area (TPSA) is 46.2 Å². The quantitative estimate of drug-likeness (QED) is 0.713. The zero-order chi connectivity index (χ0) is 10.6. The molecule has 0 bridgehead atoms. The summed E-state index contributed by atoms with van der Waals surface area (Å²) in [6.45, 7) is 4.26. The van der Waals surface area contributed by atoms with Crippen molar-refractivity contribution < 1.29 is 5.11 Å². The molecule has 0 aliphatic heterocycles. The molecule has 84 valence electrons. The maximum Gasteiger partial charge on any atom is 0.0693 e. The molecule has 14 heavy (non-hydrogen) atoms. The van der Waals surface area contributed by atoms with E-state index in [0.29, 0.717) is 5.92 Å². The minimum atomic E-state index is -0.296. The van der Waals surface area contributed by atoms with E-state index in [-0.39, 0.29) is 12.1 Å². The first-order valence-electron chi connectivity index (χ1n) is 6.03. The SMILES string of the molecule is CC(C)CC(O)C(N)CC1CCCC1. The van der Waals surface area contributed by atoms with Gasteiger partial charge in [-0.25, -0.2) is 0 Å². The van der Waals surface area contributed by atoms with Gasteiger partial charge in [-0.05, 0) is 24.7 Å². The van der Waals surface area contributed by atoms with Crippen molar-refractivity contribution in [2.45, 2.75) is 64.5 Å². The van der Waals surface area contributed by atoms with Crippen LogP contribution in [-0.2, 0) is 0 Å². The standard InChI is InChI=1S/C12H25NO/c1-9(2)7-12(14)11(13)8-10-5-3-4-6-10/h9-12,14H,3-8,13H2,1-2H3. The zero-order valence-electron chi connectivity index (χ0n) is 9.58. The fourth-order valence-electron chi connectivity index (χ4n) is 2.45. The van der Waals surface area contributed by atoms with Crippen molar-refractivity contribution in [3.8, 4) is 0 Å². The Kier molecular flexibility index (Phi) is 4.90. The van der Waals surface area contributed by atoms with Gasteiger partial charge in [0, 0.05) is 6.04 Å². The highest BCUT2D eigenvalue weighted by Crippen LogP contribution is 2.29. The van der Waals surface area contributed by atoms with Gasteiger partial charge in [0.2, 0.25) is 0 Å². The van der Waals surface area contributed by atoms with Crippen LogP contribution in [0, 0.1) is 11.8 Å². The largest absolute Gasteiger partial charge is 0.392 e. The third-order valence-corrected chi connectivity index (χ3v) is 3.29. The molecule has 2 nitrogen and oxygen atoms in total. The predicted octanol–water partition coefficient (Wildman–Crippen LogP) is 2.30. The maximum atomic E-state index is 9.82. The molecule has 1 aliphatic carbocycles. The van der Waals surface area contributed by atoms with Crippen LogP contribution in [0.3, 0.4) is 0 Å². The summed E-state index contributed by atoms with van der Waals surface area (Å²) in [5.74, 6) is 1.33. The molecule has 1 rings (SSSR count). The molecule has 0 aromatic carbocycles. The van der Waals surface area contributed by atoms with Crippen molar-refractivity contribution in [3.63, 3.8) is 0 Å². The normalized spacial score (nSPS) is 22.9. The van der Waals surface area contributed by atoms with Crippen LogP contribution >= 0.6 is 0 Å². The highest BCUT2D eigenvalue weighted by Gasteiger charge is 2.22. The Labute approximate surface area is 87.9 Å². The first kappa shape index (κ1) is 12.0. The molecule has 1 fully saturated rings. The Hall–Kier alpha value is -0.0800. The number of rotatable bonds is 5. The minimum Gasteiger partial charge on any atom is -0.392 e. The third-order valence-electron chi connectivity index (χ3n) is 3.29. The maximum absolute atomic E-state index is 9.82. The summed E-state index contributed by atoms with van der Waals surface area (Å²) in [5, 5.41) is 9.82.